The highest BCUT2D eigenvalue weighted by Gasteiger charge is 2.21. The molecule has 0 radical (unpaired) electrons. The molecule has 0 aromatic carbocycles. The van der Waals surface area contributed by atoms with Crippen LogP contribution in [0.2, 0.25) is 0 Å². The number of hydrogen-bond donors (Lipinski definition) is 0. The van der Waals surface area contributed by atoms with Crippen molar-refractivity contribution in [2.75, 3.05) is 0 Å². The van der Waals surface area contributed by atoms with Gasteiger partial charge < -0.3 is 4.74 Å². The maximum atomic E-state index is 12.5. The van der Waals surface area contributed by atoms with Gasteiger partial charge in [0.2, 0.25) is 5.03 Å². The summed E-state index contributed by atoms with van der Waals surface area (Å²) in [6.07, 6.45) is 0.805. The molecule has 8 heteroatoms. The standard InChI is InChI=1S/C8H11FN2O4S/c1-8(2,3)15-7(12)11-4-6(10-5-11)16(9,13)14/h4-5H,1-3H3. The van der Waals surface area contributed by atoms with Crippen molar-refractivity contribution in [1.29, 1.82) is 0 Å². The van der Waals surface area contributed by atoms with Crippen LogP contribution in [0.5, 0.6) is 0 Å². The van der Waals surface area contributed by atoms with Crippen LogP contribution in [0.4, 0.5) is 8.68 Å². The fourth-order valence-corrected chi connectivity index (χ4v) is 1.26. The molecule has 1 aromatic rings. The van der Waals surface area contributed by atoms with Gasteiger partial charge in [-0.2, -0.15) is 8.42 Å². The van der Waals surface area contributed by atoms with Crippen molar-refractivity contribution in [1.82, 2.24) is 9.55 Å². The molecule has 0 N–H and O–H groups in total. The number of carbonyl (C=O) groups is 1. The van der Waals surface area contributed by atoms with Crippen LogP contribution in [0.15, 0.2) is 17.6 Å². The Balaban J connectivity index is 2.92. The molecule has 0 saturated heterocycles. The van der Waals surface area contributed by atoms with Gasteiger partial charge in [0, 0.05) is 0 Å². The third-order valence-corrected chi connectivity index (χ3v) is 2.12. The van der Waals surface area contributed by atoms with Crippen molar-refractivity contribution < 1.29 is 21.8 Å². The molecule has 16 heavy (non-hydrogen) atoms. The summed E-state index contributed by atoms with van der Waals surface area (Å²) in [5.74, 6) is 0. The summed E-state index contributed by atoms with van der Waals surface area (Å²) in [7, 11) is -4.90. The maximum Gasteiger partial charge on any atom is 0.419 e. The molecule has 0 bridgehead atoms. The smallest absolute Gasteiger partial charge is 0.419 e. The van der Waals surface area contributed by atoms with Crippen LogP contribution in [0.1, 0.15) is 20.8 Å². The van der Waals surface area contributed by atoms with Gasteiger partial charge in [-0.15, -0.1) is 0 Å². The average Bonchev–Trinajstić information content (AvgIpc) is 2.46. The van der Waals surface area contributed by atoms with Crippen molar-refractivity contribution >= 4 is 16.3 Å². The maximum absolute atomic E-state index is 12.5. The summed E-state index contributed by atoms with van der Waals surface area (Å²) >= 11 is 0. The van der Waals surface area contributed by atoms with Crippen LogP contribution in [0.25, 0.3) is 0 Å². The zero-order chi connectivity index (χ0) is 12.6. The Morgan fingerprint density at radius 1 is 1.50 bits per heavy atom. The second-order valence-corrected chi connectivity index (χ2v) is 5.33. The van der Waals surface area contributed by atoms with Crippen molar-refractivity contribution in [3.8, 4) is 0 Å². The van der Waals surface area contributed by atoms with Gasteiger partial charge in [0.05, 0.1) is 6.20 Å². The lowest BCUT2D eigenvalue weighted by Gasteiger charge is -2.18. The van der Waals surface area contributed by atoms with E-state index in [1.807, 2.05) is 0 Å². The Bertz CT molecular complexity index is 500. The first kappa shape index (κ1) is 12.6. The second kappa shape index (κ2) is 3.85. The number of rotatable bonds is 1. The van der Waals surface area contributed by atoms with E-state index in [1.165, 1.54) is 0 Å². The topological polar surface area (TPSA) is 78.3 Å². The number of imidazole rings is 1. The Morgan fingerprint density at radius 2 is 2.06 bits per heavy atom. The first-order chi connectivity index (χ1) is 7.09. The fourth-order valence-electron chi connectivity index (χ4n) is 0.845. The van der Waals surface area contributed by atoms with E-state index in [2.05, 4.69) is 4.98 Å². The van der Waals surface area contributed by atoms with Crippen LogP contribution in [-0.2, 0) is 15.0 Å². The van der Waals surface area contributed by atoms with E-state index in [0.717, 1.165) is 17.1 Å². The normalized spacial score (nSPS) is 12.5. The molecule has 0 aliphatic carbocycles. The minimum atomic E-state index is -4.90. The number of halogens is 1. The van der Waals surface area contributed by atoms with Crippen molar-refractivity contribution in [3.05, 3.63) is 12.5 Å². The average molecular weight is 250 g/mol. The van der Waals surface area contributed by atoms with Gasteiger partial charge in [-0.05, 0) is 20.8 Å². The van der Waals surface area contributed by atoms with Gasteiger partial charge in [0.1, 0.15) is 11.9 Å². The summed E-state index contributed by atoms with van der Waals surface area (Å²) in [5.41, 5.74) is -0.726. The Morgan fingerprint density at radius 3 is 2.44 bits per heavy atom. The molecule has 0 saturated carbocycles. The van der Waals surface area contributed by atoms with Gasteiger partial charge in [-0.1, -0.05) is 3.89 Å². The summed E-state index contributed by atoms with van der Waals surface area (Å²) in [6, 6.07) is 0. The lowest BCUT2D eigenvalue weighted by Crippen LogP contribution is -2.26. The second-order valence-electron chi connectivity index (χ2n) is 4.04. The number of carbonyl (C=O) groups excluding carboxylic acids is 1. The molecule has 1 heterocycles. The monoisotopic (exact) mass is 250 g/mol. The SMILES string of the molecule is CC(C)(C)OC(=O)n1cnc(S(=O)(=O)F)c1. The predicted octanol–water partition coefficient (Wildman–Crippen LogP) is 1.32. The van der Waals surface area contributed by atoms with Crippen LogP contribution in [0.3, 0.4) is 0 Å². The lowest BCUT2D eigenvalue weighted by atomic mass is 10.2. The zero-order valence-electron chi connectivity index (χ0n) is 8.97. The highest BCUT2D eigenvalue weighted by Crippen LogP contribution is 2.12. The summed E-state index contributed by atoms with van der Waals surface area (Å²) < 4.78 is 39.1. The molecule has 1 rings (SSSR count). The quantitative estimate of drug-likeness (QED) is 0.702. The van der Waals surface area contributed by atoms with Gasteiger partial charge in [-0.25, -0.2) is 14.3 Å². The highest BCUT2D eigenvalue weighted by molar-refractivity contribution is 7.86. The van der Waals surface area contributed by atoms with Gasteiger partial charge >= 0.3 is 16.3 Å². The number of hydrogen-bond acceptors (Lipinski definition) is 5. The van der Waals surface area contributed by atoms with Gasteiger partial charge in [-0.3, -0.25) is 0 Å². The van der Waals surface area contributed by atoms with Gasteiger partial charge in [0.25, 0.3) is 0 Å². The van der Waals surface area contributed by atoms with Crippen LogP contribution >= 0.6 is 0 Å². The van der Waals surface area contributed by atoms with E-state index in [-0.39, 0.29) is 0 Å². The molecule has 6 nitrogen and oxygen atoms in total. The molecule has 0 atom stereocenters. The molecule has 0 aliphatic heterocycles. The van der Waals surface area contributed by atoms with Crippen LogP contribution in [-0.4, -0.2) is 29.7 Å². The molecule has 0 fully saturated rings. The van der Waals surface area contributed by atoms with E-state index < -0.39 is 26.9 Å². The largest absolute Gasteiger partial charge is 0.443 e. The van der Waals surface area contributed by atoms with Crippen molar-refractivity contribution in [2.24, 2.45) is 0 Å². The Labute approximate surface area is 92.3 Å². The lowest BCUT2D eigenvalue weighted by molar-refractivity contribution is 0.0536. The molecule has 0 amide bonds. The number of ether oxygens (including phenoxy) is 1. The summed E-state index contributed by atoms with van der Waals surface area (Å²) in [4.78, 5) is 14.6. The zero-order valence-corrected chi connectivity index (χ0v) is 9.78. The van der Waals surface area contributed by atoms with Gasteiger partial charge in [0.15, 0.2) is 0 Å². The Hall–Kier alpha value is -1.44. The Kier molecular flexibility index (Phi) is 3.04. The molecular formula is C8H11FN2O4S. The number of nitrogens with zero attached hydrogens (tertiary/aromatic N) is 2. The summed E-state index contributed by atoms with van der Waals surface area (Å²) in [5, 5.41) is -0.821. The molecule has 90 valence electrons. The number of aromatic nitrogens is 2. The minimum Gasteiger partial charge on any atom is -0.443 e. The third-order valence-electron chi connectivity index (χ3n) is 1.41. The van der Waals surface area contributed by atoms with Crippen LogP contribution < -0.4 is 0 Å². The van der Waals surface area contributed by atoms with E-state index in [1.54, 1.807) is 20.8 Å². The van der Waals surface area contributed by atoms with E-state index in [0.29, 0.717) is 0 Å². The molecule has 0 unspecified atom stereocenters. The van der Waals surface area contributed by atoms with E-state index in [9.17, 15) is 17.1 Å². The predicted molar refractivity (Wildman–Crippen MR) is 52.2 cm³/mol. The first-order valence-corrected chi connectivity index (χ1v) is 5.70. The van der Waals surface area contributed by atoms with Crippen molar-refractivity contribution in [2.45, 2.75) is 31.4 Å². The molecule has 0 spiro atoms. The minimum absolute atomic E-state index is 0.726. The molecule has 1 aromatic heterocycles. The van der Waals surface area contributed by atoms with E-state index >= 15 is 0 Å². The first-order valence-electron chi connectivity index (χ1n) is 4.31. The van der Waals surface area contributed by atoms with Crippen LogP contribution in [0, 0.1) is 0 Å². The highest BCUT2D eigenvalue weighted by atomic mass is 32.3. The third kappa shape index (κ3) is 3.30. The molecule has 0 aliphatic rings. The fraction of sp³-hybridized carbons (Fsp3) is 0.500. The molecular weight excluding hydrogens is 239 g/mol. The van der Waals surface area contributed by atoms with Crippen molar-refractivity contribution in [3.63, 3.8) is 0 Å². The van der Waals surface area contributed by atoms with E-state index in [4.69, 9.17) is 4.74 Å². The summed E-state index contributed by atoms with van der Waals surface area (Å²) in [6.45, 7) is 4.94.